The summed E-state index contributed by atoms with van der Waals surface area (Å²) in [5, 5.41) is 2.82. The Bertz CT molecular complexity index is 1120. The Morgan fingerprint density at radius 2 is 1.65 bits per heavy atom. The van der Waals surface area contributed by atoms with Gasteiger partial charge < -0.3 is 10.2 Å². The SMILES string of the molecule is Cc1ccc(N(CC(=O)N(Cc2ccc(F)cc2)[C@H](C)C(=O)NCC(C)C)S(C)(=O)=O)c(C)c1. The molecule has 1 atom stereocenters. The van der Waals surface area contributed by atoms with E-state index in [1.807, 2.05) is 26.8 Å². The minimum absolute atomic E-state index is 0.0276. The van der Waals surface area contributed by atoms with E-state index in [4.69, 9.17) is 0 Å². The van der Waals surface area contributed by atoms with Crippen molar-refractivity contribution in [2.24, 2.45) is 5.92 Å². The summed E-state index contributed by atoms with van der Waals surface area (Å²) in [5.41, 5.74) is 2.70. The number of aryl methyl sites for hydroxylation is 2. The third kappa shape index (κ3) is 7.55. The van der Waals surface area contributed by atoms with Crippen LogP contribution in [-0.4, -0.2) is 50.5 Å². The van der Waals surface area contributed by atoms with E-state index in [1.165, 1.54) is 29.2 Å². The third-order valence-electron chi connectivity index (χ3n) is 5.42. The summed E-state index contributed by atoms with van der Waals surface area (Å²) in [6, 6.07) is 10.1. The molecule has 34 heavy (non-hydrogen) atoms. The molecule has 0 unspecified atom stereocenters. The summed E-state index contributed by atoms with van der Waals surface area (Å²) in [7, 11) is -3.79. The second-order valence-corrected chi connectivity index (χ2v) is 10.9. The lowest BCUT2D eigenvalue weighted by Gasteiger charge is -2.32. The van der Waals surface area contributed by atoms with Crippen LogP contribution in [0.25, 0.3) is 0 Å². The Morgan fingerprint density at radius 1 is 1.03 bits per heavy atom. The number of nitrogens with zero attached hydrogens (tertiary/aromatic N) is 2. The second-order valence-electron chi connectivity index (χ2n) is 9.02. The van der Waals surface area contributed by atoms with E-state index in [2.05, 4.69) is 5.32 Å². The summed E-state index contributed by atoms with van der Waals surface area (Å²) in [6.45, 7) is 9.20. The van der Waals surface area contributed by atoms with Crippen LogP contribution in [0.5, 0.6) is 0 Å². The monoisotopic (exact) mass is 491 g/mol. The highest BCUT2D eigenvalue weighted by molar-refractivity contribution is 7.92. The van der Waals surface area contributed by atoms with Gasteiger partial charge in [0.25, 0.3) is 0 Å². The molecule has 0 saturated heterocycles. The summed E-state index contributed by atoms with van der Waals surface area (Å²) < 4.78 is 39.7. The number of carbonyl (C=O) groups is 2. The molecule has 0 aliphatic carbocycles. The van der Waals surface area contributed by atoms with E-state index < -0.39 is 34.3 Å². The van der Waals surface area contributed by atoms with Crippen molar-refractivity contribution in [1.82, 2.24) is 10.2 Å². The van der Waals surface area contributed by atoms with Gasteiger partial charge >= 0.3 is 0 Å². The zero-order valence-corrected chi connectivity index (χ0v) is 21.4. The molecule has 2 amide bonds. The van der Waals surface area contributed by atoms with Crippen LogP contribution in [0.3, 0.4) is 0 Å². The van der Waals surface area contributed by atoms with Gasteiger partial charge in [0, 0.05) is 13.1 Å². The molecule has 0 aliphatic heterocycles. The highest BCUT2D eigenvalue weighted by Crippen LogP contribution is 2.24. The number of hydrogen-bond acceptors (Lipinski definition) is 4. The minimum Gasteiger partial charge on any atom is -0.354 e. The average Bonchev–Trinajstić information content (AvgIpc) is 2.74. The van der Waals surface area contributed by atoms with E-state index in [9.17, 15) is 22.4 Å². The number of hydrogen-bond donors (Lipinski definition) is 1. The van der Waals surface area contributed by atoms with E-state index in [0.29, 0.717) is 23.4 Å². The van der Waals surface area contributed by atoms with Crippen LogP contribution in [0.15, 0.2) is 42.5 Å². The highest BCUT2D eigenvalue weighted by Gasteiger charge is 2.30. The van der Waals surface area contributed by atoms with Gasteiger partial charge in [-0.3, -0.25) is 13.9 Å². The molecule has 2 aromatic carbocycles. The molecule has 2 rings (SSSR count). The Kier molecular flexibility index (Phi) is 9.21. The molecule has 0 heterocycles. The maximum atomic E-state index is 13.5. The molecule has 0 radical (unpaired) electrons. The van der Waals surface area contributed by atoms with Gasteiger partial charge in [-0.15, -0.1) is 0 Å². The van der Waals surface area contributed by atoms with Crippen LogP contribution in [0.4, 0.5) is 10.1 Å². The second kappa shape index (κ2) is 11.5. The molecule has 9 heteroatoms. The van der Waals surface area contributed by atoms with Gasteiger partial charge in [-0.1, -0.05) is 43.7 Å². The van der Waals surface area contributed by atoms with E-state index in [-0.39, 0.29) is 18.4 Å². The summed E-state index contributed by atoms with van der Waals surface area (Å²) in [6.07, 6.45) is 1.04. The third-order valence-corrected chi connectivity index (χ3v) is 6.54. The average molecular weight is 492 g/mol. The Balaban J connectivity index is 2.39. The van der Waals surface area contributed by atoms with Gasteiger partial charge in [-0.25, -0.2) is 12.8 Å². The van der Waals surface area contributed by atoms with Gasteiger partial charge in [0.1, 0.15) is 18.4 Å². The summed E-state index contributed by atoms with van der Waals surface area (Å²) in [4.78, 5) is 27.6. The fraction of sp³-hybridized carbons (Fsp3) is 0.440. The van der Waals surface area contributed by atoms with Gasteiger partial charge in [0.15, 0.2) is 0 Å². The van der Waals surface area contributed by atoms with E-state index >= 15 is 0 Å². The largest absolute Gasteiger partial charge is 0.354 e. The van der Waals surface area contributed by atoms with Crippen LogP contribution >= 0.6 is 0 Å². The number of halogens is 1. The fourth-order valence-corrected chi connectivity index (χ4v) is 4.41. The van der Waals surface area contributed by atoms with Crippen molar-refractivity contribution in [3.8, 4) is 0 Å². The first-order valence-electron chi connectivity index (χ1n) is 11.2. The molecular formula is C25H34FN3O4S. The normalized spacial score (nSPS) is 12.4. The Morgan fingerprint density at radius 3 is 2.18 bits per heavy atom. The standard InChI is InChI=1S/C25H34FN3O4S/c1-17(2)14-27-25(31)20(5)28(15-21-8-10-22(26)11-9-21)24(30)16-29(34(6,32)33)23-12-7-18(3)13-19(23)4/h7-13,17,20H,14-16H2,1-6H3,(H,27,31)/t20-/m1/s1. The number of nitrogens with one attached hydrogen (secondary N) is 1. The fourth-order valence-electron chi connectivity index (χ4n) is 3.50. The van der Waals surface area contributed by atoms with Gasteiger partial charge in [-0.05, 0) is 56.0 Å². The van der Waals surface area contributed by atoms with Crippen molar-refractivity contribution in [3.05, 3.63) is 65.0 Å². The van der Waals surface area contributed by atoms with Gasteiger partial charge in [0.05, 0.1) is 11.9 Å². The predicted octanol–water partition coefficient (Wildman–Crippen LogP) is 3.40. The first-order chi connectivity index (χ1) is 15.8. The number of sulfonamides is 1. The molecule has 0 saturated carbocycles. The lowest BCUT2D eigenvalue weighted by atomic mass is 10.1. The topological polar surface area (TPSA) is 86.8 Å². The van der Waals surface area contributed by atoms with Crippen molar-refractivity contribution in [3.63, 3.8) is 0 Å². The highest BCUT2D eigenvalue weighted by atomic mass is 32.2. The number of anilines is 1. The molecule has 0 aromatic heterocycles. The maximum absolute atomic E-state index is 13.5. The molecule has 0 bridgehead atoms. The smallest absolute Gasteiger partial charge is 0.244 e. The van der Waals surface area contributed by atoms with Crippen molar-refractivity contribution < 1.29 is 22.4 Å². The Hall–Kier alpha value is -2.94. The Labute approximate surface area is 202 Å². The maximum Gasteiger partial charge on any atom is 0.244 e. The minimum atomic E-state index is -3.79. The lowest BCUT2D eigenvalue weighted by Crippen LogP contribution is -2.51. The number of benzene rings is 2. The van der Waals surface area contributed by atoms with Crippen LogP contribution in [0.2, 0.25) is 0 Å². The molecule has 0 fully saturated rings. The van der Waals surface area contributed by atoms with Crippen LogP contribution in [0, 0.1) is 25.6 Å². The number of amides is 2. The first kappa shape index (κ1) is 27.3. The lowest BCUT2D eigenvalue weighted by molar-refractivity contribution is -0.139. The van der Waals surface area contributed by atoms with Gasteiger partial charge in [-0.2, -0.15) is 0 Å². The molecule has 0 aliphatic rings. The predicted molar refractivity (Wildman–Crippen MR) is 132 cm³/mol. The molecule has 1 N–H and O–H groups in total. The molecule has 2 aromatic rings. The van der Waals surface area contributed by atoms with Crippen molar-refractivity contribution in [2.45, 2.75) is 47.2 Å². The molecular weight excluding hydrogens is 457 g/mol. The van der Waals surface area contributed by atoms with Crippen molar-refractivity contribution >= 4 is 27.5 Å². The summed E-state index contributed by atoms with van der Waals surface area (Å²) >= 11 is 0. The van der Waals surface area contributed by atoms with Crippen LogP contribution in [-0.2, 0) is 26.2 Å². The molecule has 7 nitrogen and oxygen atoms in total. The zero-order valence-electron chi connectivity index (χ0n) is 20.6. The number of carbonyl (C=O) groups excluding carboxylic acids is 2. The van der Waals surface area contributed by atoms with Crippen molar-refractivity contribution in [1.29, 1.82) is 0 Å². The quantitative estimate of drug-likeness (QED) is 0.552. The number of rotatable bonds is 10. The zero-order chi connectivity index (χ0) is 25.6. The van der Waals surface area contributed by atoms with Crippen LogP contribution < -0.4 is 9.62 Å². The van der Waals surface area contributed by atoms with E-state index in [1.54, 1.807) is 26.0 Å². The summed E-state index contributed by atoms with van der Waals surface area (Å²) in [5.74, 6) is -1.08. The van der Waals surface area contributed by atoms with E-state index in [0.717, 1.165) is 16.1 Å². The van der Waals surface area contributed by atoms with Crippen LogP contribution in [0.1, 0.15) is 37.5 Å². The molecule has 186 valence electrons. The van der Waals surface area contributed by atoms with Crippen molar-refractivity contribution in [2.75, 3.05) is 23.7 Å². The first-order valence-corrected chi connectivity index (χ1v) is 13.0. The van der Waals surface area contributed by atoms with Gasteiger partial charge in [0.2, 0.25) is 21.8 Å². The molecule has 0 spiro atoms.